The maximum absolute atomic E-state index is 13.4. The molecule has 0 spiro atoms. The summed E-state index contributed by atoms with van der Waals surface area (Å²) in [4.78, 5) is 29.6. The Morgan fingerprint density at radius 3 is 2.59 bits per heavy atom. The van der Waals surface area contributed by atoms with E-state index in [4.69, 9.17) is 5.73 Å². The van der Waals surface area contributed by atoms with Crippen molar-refractivity contribution in [2.45, 2.75) is 52.5 Å². The van der Waals surface area contributed by atoms with Crippen molar-refractivity contribution in [2.24, 2.45) is 11.7 Å². The lowest BCUT2D eigenvalue weighted by Crippen LogP contribution is -2.26. The molecule has 0 radical (unpaired) electrons. The molecule has 3 heterocycles. The standard InChI is InChI=1S/C21H22BrF2N5O2S/c1-8(7-29-10(3)15(22)9(2)28-29)20(31)27-16-14-12(11-4-5-11)6-13(18(23)24)26-21(14)32-17(16)19(25)30/h6,8,11,18H,4-5,7H2,1-3H3,(H2,25,30)(H,27,31). The number of aryl methyl sites for hydroxylation is 1. The molecule has 1 aliphatic rings. The van der Waals surface area contributed by atoms with Crippen molar-refractivity contribution < 1.29 is 18.4 Å². The van der Waals surface area contributed by atoms with Crippen LogP contribution in [0.3, 0.4) is 0 Å². The van der Waals surface area contributed by atoms with E-state index in [0.29, 0.717) is 17.5 Å². The second kappa shape index (κ2) is 8.51. The Morgan fingerprint density at radius 2 is 2.06 bits per heavy atom. The van der Waals surface area contributed by atoms with Crippen LogP contribution in [0, 0.1) is 19.8 Å². The highest BCUT2D eigenvalue weighted by Crippen LogP contribution is 2.48. The molecule has 1 saturated carbocycles. The van der Waals surface area contributed by atoms with Gasteiger partial charge in [-0.25, -0.2) is 13.8 Å². The molecule has 170 valence electrons. The SMILES string of the molecule is Cc1nn(CC(C)C(=O)Nc2c(C(N)=O)sc3nc(C(F)F)cc(C4CC4)c23)c(C)c1Br. The van der Waals surface area contributed by atoms with Crippen LogP contribution in [0.5, 0.6) is 0 Å². The second-order valence-corrected chi connectivity index (χ2v) is 9.91. The topological polar surface area (TPSA) is 103 Å². The summed E-state index contributed by atoms with van der Waals surface area (Å²) in [6.45, 7) is 5.87. The number of fused-ring (bicyclic) bond motifs is 1. The van der Waals surface area contributed by atoms with E-state index in [-0.39, 0.29) is 32.9 Å². The van der Waals surface area contributed by atoms with Crippen molar-refractivity contribution in [1.82, 2.24) is 14.8 Å². The Hall–Kier alpha value is -2.40. The Labute approximate surface area is 195 Å². The van der Waals surface area contributed by atoms with Crippen LogP contribution in [0.1, 0.15) is 64.4 Å². The number of alkyl halides is 2. The number of anilines is 1. The number of rotatable bonds is 7. The number of hydrogen-bond donors (Lipinski definition) is 2. The molecular weight excluding hydrogens is 504 g/mol. The van der Waals surface area contributed by atoms with Crippen LogP contribution in [0.25, 0.3) is 10.2 Å². The van der Waals surface area contributed by atoms with Gasteiger partial charge >= 0.3 is 0 Å². The van der Waals surface area contributed by atoms with E-state index in [2.05, 4.69) is 31.3 Å². The minimum Gasteiger partial charge on any atom is -0.365 e. The van der Waals surface area contributed by atoms with E-state index in [9.17, 15) is 18.4 Å². The first-order valence-electron chi connectivity index (χ1n) is 10.1. The van der Waals surface area contributed by atoms with Crippen LogP contribution in [-0.2, 0) is 11.3 Å². The van der Waals surface area contributed by atoms with Gasteiger partial charge in [0.25, 0.3) is 12.3 Å². The fourth-order valence-corrected chi connectivity index (χ4v) is 5.02. The largest absolute Gasteiger partial charge is 0.365 e. The van der Waals surface area contributed by atoms with Gasteiger partial charge in [-0.2, -0.15) is 5.10 Å². The Balaban J connectivity index is 1.71. The molecule has 0 saturated heterocycles. The molecule has 0 aromatic carbocycles. The van der Waals surface area contributed by atoms with Crippen LogP contribution in [0.2, 0.25) is 0 Å². The summed E-state index contributed by atoms with van der Waals surface area (Å²) in [7, 11) is 0. The minimum atomic E-state index is -2.73. The summed E-state index contributed by atoms with van der Waals surface area (Å²) < 4.78 is 29.4. The summed E-state index contributed by atoms with van der Waals surface area (Å²) in [5, 5.41) is 7.80. The fourth-order valence-electron chi connectivity index (χ4n) is 3.71. The van der Waals surface area contributed by atoms with Crippen molar-refractivity contribution in [3.63, 3.8) is 0 Å². The highest BCUT2D eigenvalue weighted by Gasteiger charge is 2.32. The van der Waals surface area contributed by atoms with Crippen molar-refractivity contribution in [1.29, 1.82) is 0 Å². The Kier molecular flexibility index (Phi) is 6.06. The first kappa shape index (κ1) is 22.8. The Morgan fingerprint density at radius 1 is 1.38 bits per heavy atom. The molecule has 2 amide bonds. The number of nitrogens with two attached hydrogens (primary N) is 1. The molecule has 32 heavy (non-hydrogen) atoms. The number of carbonyl (C=O) groups is 2. The van der Waals surface area contributed by atoms with Crippen LogP contribution in [0.4, 0.5) is 14.5 Å². The number of aromatic nitrogens is 3. The molecule has 3 aromatic heterocycles. The lowest BCUT2D eigenvalue weighted by Gasteiger charge is -2.15. The maximum Gasteiger partial charge on any atom is 0.280 e. The predicted octanol–water partition coefficient (Wildman–Crippen LogP) is 5.06. The lowest BCUT2D eigenvalue weighted by atomic mass is 10.0. The number of carbonyl (C=O) groups excluding carboxylic acids is 2. The zero-order valence-corrected chi connectivity index (χ0v) is 20.1. The molecule has 1 atom stereocenters. The number of pyridine rings is 1. The number of primary amides is 1. The van der Waals surface area contributed by atoms with Crippen molar-refractivity contribution in [3.05, 3.63) is 38.1 Å². The van der Waals surface area contributed by atoms with Gasteiger partial charge in [-0.3, -0.25) is 14.3 Å². The molecule has 3 aromatic rings. The highest BCUT2D eigenvalue weighted by molar-refractivity contribution is 9.10. The van der Waals surface area contributed by atoms with E-state index in [0.717, 1.165) is 40.0 Å². The number of thiophene rings is 1. The lowest BCUT2D eigenvalue weighted by molar-refractivity contribution is -0.119. The molecule has 11 heteroatoms. The highest BCUT2D eigenvalue weighted by atomic mass is 79.9. The third-order valence-corrected chi connectivity index (χ3v) is 7.86. The number of nitrogens with zero attached hydrogens (tertiary/aromatic N) is 3. The average Bonchev–Trinajstić information content (AvgIpc) is 3.48. The summed E-state index contributed by atoms with van der Waals surface area (Å²) >= 11 is 4.41. The van der Waals surface area contributed by atoms with Crippen molar-refractivity contribution >= 4 is 55.0 Å². The van der Waals surface area contributed by atoms with Gasteiger partial charge in [0, 0.05) is 11.1 Å². The van der Waals surface area contributed by atoms with Crippen molar-refractivity contribution in [2.75, 3.05) is 5.32 Å². The van der Waals surface area contributed by atoms with Crippen LogP contribution in [0.15, 0.2) is 10.5 Å². The molecule has 0 aliphatic heterocycles. The molecule has 7 nitrogen and oxygen atoms in total. The first-order chi connectivity index (χ1) is 15.1. The van der Waals surface area contributed by atoms with E-state index >= 15 is 0 Å². The molecule has 4 rings (SSSR count). The molecule has 1 aliphatic carbocycles. The summed E-state index contributed by atoms with van der Waals surface area (Å²) in [5.74, 6) is -1.43. The third kappa shape index (κ3) is 4.15. The van der Waals surface area contributed by atoms with E-state index in [1.165, 1.54) is 6.07 Å². The second-order valence-electron chi connectivity index (χ2n) is 8.12. The fraction of sp³-hybridized carbons (Fsp3) is 0.429. The zero-order valence-electron chi connectivity index (χ0n) is 17.7. The molecule has 1 unspecified atom stereocenters. The van der Waals surface area contributed by atoms with Gasteiger partial charge < -0.3 is 11.1 Å². The molecule has 1 fully saturated rings. The zero-order chi connectivity index (χ0) is 23.3. The van der Waals surface area contributed by atoms with Gasteiger partial charge in [-0.1, -0.05) is 6.92 Å². The Bertz CT molecular complexity index is 1230. The van der Waals surface area contributed by atoms with Gasteiger partial charge in [0.05, 0.1) is 28.3 Å². The normalized spacial score (nSPS) is 14.8. The average molecular weight is 526 g/mol. The van der Waals surface area contributed by atoms with E-state index in [1.807, 2.05) is 13.8 Å². The minimum absolute atomic E-state index is 0.105. The van der Waals surface area contributed by atoms with Crippen LogP contribution < -0.4 is 11.1 Å². The summed E-state index contributed by atoms with van der Waals surface area (Å²) in [6.07, 6.45) is -1.01. The number of nitrogens with one attached hydrogen (secondary N) is 1. The third-order valence-electron chi connectivity index (χ3n) is 5.61. The predicted molar refractivity (Wildman–Crippen MR) is 122 cm³/mol. The summed E-state index contributed by atoms with van der Waals surface area (Å²) in [5.41, 5.74) is 7.89. The van der Waals surface area contributed by atoms with Gasteiger partial charge in [0.15, 0.2) is 0 Å². The smallest absolute Gasteiger partial charge is 0.280 e. The molecule has 0 bridgehead atoms. The quantitative estimate of drug-likeness (QED) is 0.449. The van der Waals surface area contributed by atoms with Crippen LogP contribution in [-0.4, -0.2) is 26.6 Å². The maximum atomic E-state index is 13.4. The van der Waals surface area contributed by atoms with Gasteiger partial charge in [0.2, 0.25) is 5.91 Å². The van der Waals surface area contributed by atoms with Gasteiger partial charge in [0.1, 0.15) is 15.4 Å². The molecular formula is C21H22BrF2N5O2S. The monoisotopic (exact) mass is 525 g/mol. The number of amides is 2. The number of hydrogen-bond acceptors (Lipinski definition) is 5. The number of halogens is 3. The van der Waals surface area contributed by atoms with E-state index < -0.39 is 18.3 Å². The van der Waals surface area contributed by atoms with Gasteiger partial charge in [-0.05, 0) is 60.2 Å². The first-order valence-corrected chi connectivity index (χ1v) is 11.7. The van der Waals surface area contributed by atoms with E-state index in [1.54, 1.807) is 11.6 Å². The van der Waals surface area contributed by atoms with Crippen LogP contribution >= 0.6 is 27.3 Å². The van der Waals surface area contributed by atoms with Crippen molar-refractivity contribution in [3.8, 4) is 0 Å². The van der Waals surface area contributed by atoms with Gasteiger partial charge in [-0.15, -0.1) is 11.3 Å². The summed E-state index contributed by atoms with van der Waals surface area (Å²) in [6, 6.07) is 1.38. The molecule has 3 N–H and O–H groups in total.